The van der Waals surface area contributed by atoms with Gasteiger partial charge in [-0.05, 0) is 60.7 Å². The molecule has 0 radical (unpaired) electrons. The Morgan fingerprint density at radius 2 is 1.58 bits per heavy atom. The molecule has 0 aromatic heterocycles. The van der Waals surface area contributed by atoms with Gasteiger partial charge in [0.15, 0.2) is 11.5 Å². The molecule has 4 rings (SSSR count). The maximum atomic E-state index is 11.1. The predicted octanol–water partition coefficient (Wildman–Crippen LogP) is 5.83. The quantitative estimate of drug-likeness (QED) is 0.488. The van der Waals surface area contributed by atoms with E-state index < -0.39 is 6.10 Å². The topological polar surface area (TPSA) is 50.7 Å². The summed E-state index contributed by atoms with van der Waals surface area (Å²) in [4.78, 5) is 0. The fourth-order valence-electron chi connectivity index (χ4n) is 4.06. The Kier molecular flexibility index (Phi) is 7.13. The Morgan fingerprint density at radius 3 is 2.32 bits per heavy atom. The van der Waals surface area contributed by atoms with Gasteiger partial charge in [-0.3, -0.25) is 0 Å². The molecule has 3 aromatic rings. The number of ether oxygens (including phenoxy) is 2. The SMILES string of the molecule is CC1C[C@@H](NCc2ccccc2)[C@@H](O)[C@H](Oc2ccccc2Oc2ccc(Cl)cc2)C1. The van der Waals surface area contributed by atoms with Crippen LogP contribution in [0.4, 0.5) is 0 Å². The van der Waals surface area contributed by atoms with Crippen LogP contribution in [-0.2, 0) is 6.54 Å². The average molecular weight is 438 g/mol. The molecule has 4 nitrogen and oxygen atoms in total. The van der Waals surface area contributed by atoms with Crippen molar-refractivity contribution in [2.75, 3.05) is 0 Å². The highest BCUT2D eigenvalue weighted by atomic mass is 35.5. The van der Waals surface area contributed by atoms with E-state index in [1.54, 1.807) is 12.1 Å². The molecule has 162 valence electrons. The standard InChI is InChI=1S/C26H28ClNO3/c1-18-15-22(28-17-19-7-3-2-4-8-19)26(29)25(16-18)31-24-10-6-5-9-23(24)30-21-13-11-20(27)12-14-21/h2-14,18,22,25-26,28-29H,15-17H2,1H3/t18?,22-,25-,26-/m1/s1. The van der Waals surface area contributed by atoms with Crippen LogP contribution in [0.5, 0.6) is 17.2 Å². The Morgan fingerprint density at radius 1 is 0.903 bits per heavy atom. The van der Waals surface area contributed by atoms with E-state index in [4.69, 9.17) is 21.1 Å². The summed E-state index contributed by atoms with van der Waals surface area (Å²) in [6, 6.07) is 25.0. The van der Waals surface area contributed by atoms with Crippen molar-refractivity contribution in [2.45, 2.75) is 44.6 Å². The van der Waals surface area contributed by atoms with Gasteiger partial charge in [0.05, 0.1) is 0 Å². The highest BCUT2D eigenvalue weighted by Crippen LogP contribution is 2.35. The van der Waals surface area contributed by atoms with Crippen molar-refractivity contribution >= 4 is 11.6 Å². The molecule has 0 saturated heterocycles. The minimum Gasteiger partial charge on any atom is -0.484 e. The van der Waals surface area contributed by atoms with E-state index in [9.17, 15) is 5.11 Å². The summed E-state index contributed by atoms with van der Waals surface area (Å²) in [5.74, 6) is 2.35. The van der Waals surface area contributed by atoms with Crippen molar-refractivity contribution in [3.8, 4) is 17.2 Å². The van der Waals surface area contributed by atoms with Gasteiger partial charge in [0, 0.05) is 17.6 Å². The van der Waals surface area contributed by atoms with E-state index >= 15 is 0 Å². The fraction of sp³-hybridized carbons (Fsp3) is 0.308. The van der Waals surface area contributed by atoms with E-state index in [0.717, 1.165) is 19.4 Å². The van der Waals surface area contributed by atoms with Crippen LogP contribution in [-0.4, -0.2) is 23.4 Å². The number of para-hydroxylation sites is 2. The first kappa shape index (κ1) is 21.7. The molecule has 0 bridgehead atoms. The number of nitrogens with one attached hydrogen (secondary N) is 1. The van der Waals surface area contributed by atoms with Crippen LogP contribution >= 0.6 is 11.6 Å². The van der Waals surface area contributed by atoms with Crippen LogP contribution in [0, 0.1) is 5.92 Å². The van der Waals surface area contributed by atoms with Gasteiger partial charge >= 0.3 is 0 Å². The largest absolute Gasteiger partial charge is 0.484 e. The summed E-state index contributed by atoms with van der Waals surface area (Å²) in [5, 5.41) is 15.2. The highest BCUT2D eigenvalue weighted by molar-refractivity contribution is 6.30. The van der Waals surface area contributed by atoms with Gasteiger partial charge in [0.25, 0.3) is 0 Å². The maximum absolute atomic E-state index is 11.1. The first-order chi connectivity index (χ1) is 15.1. The van der Waals surface area contributed by atoms with E-state index in [-0.39, 0.29) is 12.1 Å². The molecule has 1 aliphatic carbocycles. The number of hydrogen-bond acceptors (Lipinski definition) is 4. The van der Waals surface area contributed by atoms with Crippen LogP contribution in [0.25, 0.3) is 0 Å². The number of hydrogen-bond donors (Lipinski definition) is 2. The second kappa shape index (κ2) is 10.2. The lowest BCUT2D eigenvalue weighted by molar-refractivity contribution is -0.0310. The van der Waals surface area contributed by atoms with Crippen molar-refractivity contribution in [3.63, 3.8) is 0 Å². The third kappa shape index (κ3) is 5.79. The number of aliphatic hydroxyl groups is 1. The summed E-state index contributed by atoms with van der Waals surface area (Å²) >= 11 is 5.97. The molecule has 5 heteroatoms. The van der Waals surface area contributed by atoms with Crippen molar-refractivity contribution in [1.82, 2.24) is 5.32 Å². The molecule has 0 heterocycles. The second-order valence-electron chi connectivity index (χ2n) is 8.20. The molecule has 31 heavy (non-hydrogen) atoms. The summed E-state index contributed by atoms with van der Waals surface area (Å²) in [6.07, 6.45) is 0.784. The van der Waals surface area contributed by atoms with Crippen LogP contribution in [0.1, 0.15) is 25.3 Å². The number of aliphatic hydroxyl groups excluding tert-OH is 1. The summed E-state index contributed by atoms with van der Waals surface area (Å²) < 4.78 is 12.3. The monoisotopic (exact) mass is 437 g/mol. The van der Waals surface area contributed by atoms with E-state index in [1.807, 2.05) is 54.6 Å². The molecular formula is C26H28ClNO3. The minimum atomic E-state index is -0.608. The Hall–Kier alpha value is -2.53. The zero-order valence-electron chi connectivity index (χ0n) is 17.6. The van der Waals surface area contributed by atoms with Crippen molar-refractivity contribution in [1.29, 1.82) is 0 Å². The molecular weight excluding hydrogens is 410 g/mol. The van der Waals surface area contributed by atoms with Crippen molar-refractivity contribution < 1.29 is 14.6 Å². The lowest BCUT2D eigenvalue weighted by Crippen LogP contribution is -2.52. The van der Waals surface area contributed by atoms with Gasteiger partial charge in [-0.1, -0.05) is 61.0 Å². The molecule has 3 aromatic carbocycles. The summed E-state index contributed by atoms with van der Waals surface area (Å²) in [6.45, 7) is 2.92. The van der Waals surface area contributed by atoms with Crippen LogP contribution in [0.2, 0.25) is 5.02 Å². The van der Waals surface area contributed by atoms with Crippen LogP contribution in [0.3, 0.4) is 0 Å². The lowest BCUT2D eigenvalue weighted by atomic mass is 9.82. The van der Waals surface area contributed by atoms with Gasteiger partial charge in [0.2, 0.25) is 0 Å². The molecule has 1 aliphatic rings. The number of halogens is 1. The van der Waals surface area contributed by atoms with Crippen molar-refractivity contribution in [2.24, 2.45) is 5.92 Å². The highest BCUT2D eigenvalue weighted by Gasteiger charge is 2.36. The van der Waals surface area contributed by atoms with Crippen LogP contribution in [0.15, 0.2) is 78.9 Å². The molecule has 1 unspecified atom stereocenters. The van der Waals surface area contributed by atoms with Crippen LogP contribution < -0.4 is 14.8 Å². The molecule has 0 aliphatic heterocycles. The molecule has 0 spiro atoms. The lowest BCUT2D eigenvalue weighted by Gasteiger charge is -2.38. The van der Waals surface area contributed by atoms with Gasteiger partial charge < -0.3 is 19.9 Å². The normalized spacial score (nSPS) is 23.3. The molecule has 1 fully saturated rings. The third-order valence-corrected chi connectivity index (χ3v) is 5.92. The summed E-state index contributed by atoms with van der Waals surface area (Å²) in [5.41, 5.74) is 1.20. The Labute approximate surface area is 188 Å². The first-order valence-electron chi connectivity index (χ1n) is 10.7. The van der Waals surface area contributed by atoms with Crippen molar-refractivity contribution in [3.05, 3.63) is 89.4 Å². The Balaban J connectivity index is 1.44. The second-order valence-corrected chi connectivity index (χ2v) is 8.64. The molecule has 4 atom stereocenters. The third-order valence-electron chi connectivity index (χ3n) is 5.66. The predicted molar refractivity (Wildman–Crippen MR) is 124 cm³/mol. The fourth-order valence-corrected chi connectivity index (χ4v) is 4.18. The summed E-state index contributed by atoms with van der Waals surface area (Å²) in [7, 11) is 0. The Bertz CT molecular complexity index is 964. The smallest absolute Gasteiger partial charge is 0.169 e. The zero-order valence-corrected chi connectivity index (χ0v) is 18.3. The average Bonchev–Trinajstić information content (AvgIpc) is 2.78. The maximum Gasteiger partial charge on any atom is 0.169 e. The number of rotatable bonds is 7. The number of benzene rings is 3. The first-order valence-corrected chi connectivity index (χ1v) is 11.1. The van der Waals surface area contributed by atoms with E-state index in [0.29, 0.717) is 28.2 Å². The minimum absolute atomic E-state index is 0.0294. The van der Waals surface area contributed by atoms with E-state index in [1.165, 1.54) is 5.56 Å². The molecule has 0 amide bonds. The van der Waals surface area contributed by atoms with Gasteiger partial charge in [0.1, 0.15) is 18.0 Å². The molecule has 1 saturated carbocycles. The van der Waals surface area contributed by atoms with E-state index in [2.05, 4.69) is 24.4 Å². The molecule has 2 N–H and O–H groups in total. The van der Waals surface area contributed by atoms with Gasteiger partial charge in [-0.2, -0.15) is 0 Å². The van der Waals surface area contributed by atoms with Gasteiger partial charge in [-0.25, -0.2) is 0 Å². The zero-order chi connectivity index (χ0) is 21.6. The van der Waals surface area contributed by atoms with Gasteiger partial charge in [-0.15, -0.1) is 0 Å².